The van der Waals surface area contributed by atoms with Crippen molar-refractivity contribution in [2.45, 2.75) is 19.3 Å². The van der Waals surface area contributed by atoms with Crippen LogP contribution in [0.15, 0.2) is 77.5 Å². The summed E-state index contributed by atoms with van der Waals surface area (Å²) in [5.41, 5.74) is 8.04. The fourth-order valence-electron chi connectivity index (χ4n) is 5.36. The lowest BCUT2D eigenvalue weighted by Gasteiger charge is -2.37. The lowest BCUT2D eigenvalue weighted by Crippen LogP contribution is -2.48. The fourth-order valence-corrected chi connectivity index (χ4v) is 5.59. The molecule has 192 valence electrons. The topological polar surface area (TPSA) is 41.0 Å². The van der Waals surface area contributed by atoms with Crippen LogP contribution in [0.2, 0.25) is 5.02 Å². The van der Waals surface area contributed by atoms with E-state index in [9.17, 15) is 4.39 Å². The van der Waals surface area contributed by atoms with Gasteiger partial charge >= 0.3 is 0 Å². The number of allylic oxidation sites excluding steroid dienone is 4. The maximum atomic E-state index is 12.8. The predicted octanol–water partition coefficient (Wildman–Crippen LogP) is 6.19. The molecule has 0 bridgehead atoms. The van der Waals surface area contributed by atoms with Crippen LogP contribution in [-0.2, 0) is 6.42 Å². The molecule has 5 rings (SSSR count). The first-order chi connectivity index (χ1) is 18.1. The van der Waals surface area contributed by atoms with Crippen LogP contribution in [0.1, 0.15) is 29.5 Å². The number of aryl methyl sites for hydroxylation is 1. The van der Waals surface area contributed by atoms with E-state index in [1.807, 2.05) is 18.3 Å². The molecule has 0 atom stereocenters. The standard InChI is InChI=1S/C30H32ClFN4O/c1-33-24(20-36-17-21(15-32)18-36)19-35-12-9-22(10-13-35)30-26-7-6-25(37-2)14-23(26)4-3-5-28(30)27-8-11-34-16-29(27)31/h6-12,14,16,19,21H,1,3-5,13,15,17-18,20H2,2H3/b24-19-. The van der Waals surface area contributed by atoms with Crippen LogP contribution in [0.25, 0.3) is 11.1 Å². The number of pyridine rings is 1. The lowest BCUT2D eigenvalue weighted by atomic mass is 9.87. The van der Waals surface area contributed by atoms with E-state index < -0.39 is 0 Å². The molecule has 3 aliphatic rings. The molecule has 2 aromatic rings. The monoisotopic (exact) mass is 518 g/mol. The Kier molecular flexibility index (Phi) is 7.87. The number of hydrogen-bond acceptors (Lipinski definition) is 5. The van der Waals surface area contributed by atoms with E-state index in [4.69, 9.17) is 16.3 Å². The molecule has 0 unspecified atom stereocenters. The number of likely N-dealkylation sites (tertiary alicyclic amines) is 1. The summed E-state index contributed by atoms with van der Waals surface area (Å²) >= 11 is 6.65. The first-order valence-corrected chi connectivity index (χ1v) is 13.1. The van der Waals surface area contributed by atoms with Gasteiger partial charge in [-0.3, -0.25) is 19.3 Å². The van der Waals surface area contributed by atoms with Gasteiger partial charge in [0.15, 0.2) is 0 Å². The zero-order valence-electron chi connectivity index (χ0n) is 21.2. The van der Waals surface area contributed by atoms with Crippen LogP contribution in [0.5, 0.6) is 5.75 Å². The second-order valence-corrected chi connectivity index (χ2v) is 10.2. The third kappa shape index (κ3) is 5.55. The van der Waals surface area contributed by atoms with Crippen LogP contribution in [0, 0.1) is 5.92 Å². The maximum Gasteiger partial charge on any atom is 0.119 e. The molecule has 5 nitrogen and oxygen atoms in total. The Labute approximate surface area is 223 Å². The number of halogens is 2. The number of nitrogens with zero attached hydrogens (tertiary/aromatic N) is 4. The van der Waals surface area contributed by atoms with Crippen molar-refractivity contribution in [2.24, 2.45) is 10.9 Å². The minimum Gasteiger partial charge on any atom is -0.497 e. The number of fused-ring (bicyclic) bond motifs is 1. The molecular formula is C30H32ClFN4O. The molecule has 7 heteroatoms. The minimum atomic E-state index is -0.252. The molecule has 37 heavy (non-hydrogen) atoms. The number of methoxy groups -OCH3 is 1. The Bertz CT molecular complexity index is 1290. The largest absolute Gasteiger partial charge is 0.497 e. The summed E-state index contributed by atoms with van der Waals surface area (Å²) in [6.07, 6.45) is 15.0. The number of rotatable bonds is 8. The van der Waals surface area contributed by atoms with Crippen molar-refractivity contribution in [2.75, 3.05) is 40.0 Å². The molecule has 3 heterocycles. The van der Waals surface area contributed by atoms with Crippen molar-refractivity contribution in [1.29, 1.82) is 0 Å². The third-order valence-electron chi connectivity index (χ3n) is 7.26. The molecule has 0 amide bonds. The molecule has 1 fully saturated rings. The van der Waals surface area contributed by atoms with E-state index in [-0.39, 0.29) is 12.6 Å². The van der Waals surface area contributed by atoms with Gasteiger partial charge in [-0.15, -0.1) is 0 Å². The van der Waals surface area contributed by atoms with Gasteiger partial charge in [-0.1, -0.05) is 23.7 Å². The average Bonchev–Trinajstić information content (AvgIpc) is 3.09. The number of alkyl halides is 1. The number of benzene rings is 1. The first-order valence-electron chi connectivity index (χ1n) is 12.7. The van der Waals surface area contributed by atoms with Gasteiger partial charge in [0.05, 0.1) is 24.5 Å². The van der Waals surface area contributed by atoms with Gasteiger partial charge in [-0.2, -0.15) is 0 Å². The smallest absolute Gasteiger partial charge is 0.119 e. The van der Waals surface area contributed by atoms with E-state index in [0.29, 0.717) is 18.1 Å². The van der Waals surface area contributed by atoms with Gasteiger partial charge in [0, 0.05) is 56.9 Å². The van der Waals surface area contributed by atoms with E-state index >= 15 is 0 Å². The van der Waals surface area contributed by atoms with Crippen LogP contribution in [0.3, 0.4) is 0 Å². The second kappa shape index (κ2) is 11.4. The van der Waals surface area contributed by atoms with E-state index in [2.05, 4.69) is 57.0 Å². The first kappa shape index (κ1) is 25.4. The second-order valence-electron chi connectivity index (χ2n) is 9.75. The highest BCUT2D eigenvalue weighted by atomic mass is 35.5. The van der Waals surface area contributed by atoms with Gasteiger partial charge in [0.2, 0.25) is 0 Å². The summed E-state index contributed by atoms with van der Waals surface area (Å²) in [5.74, 6) is 1.03. The molecule has 0 radical (unpaired) electrons. The van der Waals surface area contributed by atoms with E-state index in [0.717, 1.165) is 49.4 Å². The Morgan fingerprint density at radius 2 is 2.14 bits per heavy atom. The molecule has 0 saturated carbocycles. The zero-order chi connectivity index (χ0) is 25.8. The van der Waals surface area contributed by atoms with Crippen molar-refractivity contribution >= 4 is 29.5 Å². The highest BCUT2D eigenvalue weighted by molar-refractivity contribution is 6.32. The van der Waals surface area contributed by atoms with Gasteiger partial charge in [-0.05, 0) is 83.7 Å². The summed E-state index contributed by atoms with van der Waals surface area (Å²) in [6, 6.07) is 8.37. The Balaban J connectivity index is 1.46. The molecular weight excluding hydrogens is 487 g/mol. The number of hydrogen-bond donors (Lipinski definition) is 0. The van der Waals surface area contributed by atoms with Crippen molar-refractivity contribution in [3.8, 4) is 5.75 Å². The predicted molar refractivity (Wildman–Crippen MR) is 149 cm³/mol. The lowest BCUT2D eigenvalue weighted by molar-refractivity contribution is 0.0905. The van der Waals surface area contributed by atoms with Gasteiger partial charge in [0.1, 0.15) is 5.75 Å². The molecule has 0 N–H and O–H groups in total. The van der Waals surface area contributed by atoms with Crippen LogP contribution in [-0.4, -0.2) is 61.5 Å². The van der Waals surface area contributed by atoms with Crippen molar-refractivity contribution in [1.82, 2.24) is 14.8 Å². The summed E-state index contributed by atoms with van der Waals surface area (Å²) in [6.45, 7) is 6.45. The summed E-state index contributed by atoms with van der Waals surface area (Å²) in [5, 5.41) is 0.666. The molecule has 1 saturated heterocycles. The average molecular weight is 519 g/mol. The Hall–Kier alpha value is -3.22. The van der Waals surface area contributed by atoms with Gasteiger partial charge < -0.3 is 9.64 Å². The Morgan fingerprint density at radius 3 is 2.84 bits per heavy atom. The molecule has 1 aromatic carbocycles. The molecule has 0 spiro atoms. The SMILES string of the molecule is C=N/C(=C\N1C=CC(C2=C(c3ccncc3Cl)CCCc3cc(OC)ccc32)=CC1)CN1CC(CF)C1. The quantitative estimate of drug-likeness (QED) is 0.391. The summed E-state index contributed by atoms with van der Waals surface area (Å²) in [7, 11) is 1.71. The van der Waals surface area contributed by atoms with Gasteiger partial charge in [0.25, 0.3) is 0 Å². The number of ether oxygens (including phenoxy) is 1. The minimum absolute atomic E-state index is 0.158. The molecule has 2 aliphatic heterocycles. The van der Waals surface area contributed by atoms with Crippen molar-refractivity contribution in [3.05, 3.63) is 94.2 Å². The van der Waals surface area contributed by atoms with Crippen molar-refractivity contribution < 1.29 is 9.13 Å². The molecule has 1 aromatic heterocycles. The van der Waals surface area contributed by atoms with Gasteiger partial charge in [-0.25, -0.2) is 0 Å². The highest BCUT2D eigenvalue weighted by Gasteiger charge is 2.27. The van der Waals surface area contributed by atoms with E-state index in [1.54, 1.807) is 19.5 Å². The van der Waals surface area contributed by atoms with Crippen LogP contribution >= 0.6 is 11.6 Å². The fraction of sp³-hybridized carbons (Fsp3) is 0.333. The maximum absolute atomic E-state index is 12.8. The molecule has 1 aliphatic carbocycles. The summed E-state index contributed by atoms with van der Waals surface area (Å²) in [4.78, 5) is 12.7. The zero-order valence-corrected chi connectivity index (χ0v) is 21.9. The highest BCUT2D eigenvalue weighted by Crippen LogP contribution is 2.43. The number of aromatic nitrogens is 1. The van der Waals surface area contributed by atoms with Crippen molar-refractivity contribution in [3.63, 3.8) is 0 Å². The number of aliphatic imine (C=N–C) groups is 1. The van der Waals surface area contributed by atoms with Crippen LogP contribution < -0.4 is 4.74 Å². The summed E-state index contributed by atoms with van der Waals surface area (Å²) < 4.78 is 18.3. The Morgan fingerprint density at radius 1 is 1.27 bits per heavy atom. The third-order valence-corrected chi connectivity index (χ3v) is 7.57. The normalized spacial score (nSPS) is 18.7. The van der Waals surface area contributed by atoms with Crippen LogP contribution in [0.4, 0.5) is 4.39 Å². The van der Waals surface area contributed by atoms with E-state index in [1.165, 1.54) is 27.8 Å².